The van der Waals surface area contributed by atoms with Crippen LogP contribution in [0.5, 0.6) is 0 Å². The van der Waals surface area contributed by atoms with Gasteiger partial charge in [-0.3, -0.25) is 9.48 Å². The van der Waals surface area contributed by atoms with Crippen LogP contribution in [0.4, 0.5) is 0 Å². The van der Waals surface area contributed by atoms with Crippen molar-refractivity contribution in [2.75, 3.05) is 0 Å². The van der Waals surface area contributed by atoms with Crippen LogP contribution in [0.2, 0.25) is 0 Å². The van der Waals surface area contributed by atoms with Gasteiger partial charge in [0, 0.05) is 12.4 Å². The Morgan fingerprint density at radius 3 is 2.83 bits per heavy atom. The van der Waals surface area contributed by atoms with Gasteiger partial charge in [0.25, 0.3) is 0 Å². The Hall–Kier alpha value is -1.36. The van der Waals surface area contributed by atoms with Gasteiger partial charge in [-0.25, -0.2) is 0 Å². The molecule has 0 spiro atoms. The molecule has 68 valence electrons. The summed E-state index contributed by atoms with van der Waals surface area (Å²) in [5.74, 6) is -1.01. The Kier molecular flexibility index (Phi) is 3.99. The Morgan fingerprint density at radius 2 is 2.42 bits per heavy atom. The van der Waals surface area contributed by atoms with Crippen molar-refractivity contribution in [3.8, 4) is 0 Å². The minimum atomic E-state index is -1.01. The van der Waals surface area contributed by atoms with Crippen molar-refractivity contribution in [1.82, 2.24) is 9.78 Å². The molecule has 0 aliphatic heterocycles. The Bertz CT molecular complexity index is 233. The highest BCUT2D eigenvalue weighted by atomic mass is 16.4. The van der Waals surface area contributed by atoms with Gasteiger partial charge < -0.3 is 10.8 Å². The van der Waals surface area contributed by atoms with Crippen molar-refractivity contribution < 1.29 is 9.90 Å². The minimum absolute atomic E-state index is 0. The second kappa shape index (κ2) is 4.50. The summed E-state index contributed by atoms with van der Waals surface area (Å²) < 4.78 is 1.48. The molecule has 0 fully saturated rings. The molecule has 3 N–H and O–H groups in total. The number of nitrogens with zero attached hydrogens (tertiary/aromatic N) is 2. The number of carboxylic acids is 1. The SMILES string of the molecule is C.NC(Cn1cccn1)C(=O)O. The third-order valence-electron chi connectivity index (χ3n) is 1.26. The van der Waals surface area contributed by atoms with E-state index in [4.69, 9.17) is 10.8 Å². The lowest BCUT2D eigenvalue weighted by Gasteiger charge is -2.04. The standard InChI is InChI=1S/C6H9N3O2.CH4/c7-5(6(10)11)4-9-3-1-2-8-9;/h1-3,5H,4,7H2,(H,10,11);1H4. The maximum absolute atomic E-state index is 10.3. The molecule has 0 aliphatic carbocycles. The van der Waals surface area contributed by atoms with Crippen LogP contribution in [0.1, 0.15) is 7.43 Å². The summed E-state index contributed by atoms with van der Waals surface area (Å²) in [4.78, 5) is 10.3. The molecule has 0 saturated carbocycles. The second-order valence-corrected chi connectivity index (χ2v) is 2.17. The molecule has 0 aromatic carbocycles. The van der Waals surface area contributed by atoms with Gasteiger partial charge in [0.1, 0.15) is 6.04 Å². The average Bonchev–Trinajstić information content (AvgIpc) is 2.39. The lowest BCUT2D eigenvalue weighted by molar-refractivity contribution is -0.138. The molecule has 0 radical (unpaired) electrons. The Balaban J connectivity index is 0.00000121. The fourth-order valence-electron chi connectivity index (χ4n) is 0.688. The van der Waals surface area contributed by atoms with Crippen molar-refractivity contribution >= 4 is 5.97 Å². The van der Waals surface area contributed by atoms with E-state index < -0.39 is 12.0 Å². The third-order valence-corrected chi connectivity index (χ3v) is 1.26. The quantitative estimate of drug-likeness (QED) is 0.667. The van der Waals surface area contributed by atoms with Gasteiger partial charge in [0.05, 0.1) is 6.54 Å². The van der Waals surface area contributed by atoms with Crippen molar-refractivity contribution in [2.45, 2.75) is 20.0 Å². The molecule has 1 heterocycles. The summed E-state index contributed by atoms with van der Waals surface area (Å²) in [7, 11) is 0. The van der Waals surface area contributed by atoms with Crippen LogP contribution < -0.4 is 5.73 Å². The predicted octanol–water partition coefficient (Wildman–Crippen LogP) is -0.0689. The maximum Gasteiger partial charge on any atom is 0.322 e. The van der Waals surface area contributed by atoms with Gasteiger partial charge in [0.2, 0.25) is 0 Å². The van der Waals surface area contributed by atoms with E-state index in [1.807, 2.05) is 0 Å². The van der Waals surface area contributed by atoms with Crippen LogP contribution in [0, 0.1) is 0 Å². The Morgan fingerprint density at radius 1 is 1.75 bits per heavy atom. The molecule has 5 heteroatoms. The van der Waals surface area contributed by atoms with E-state index in [2.05, 4.69) is 5.10 Å². The topological polar surface area (TPSA) is 81.1 Å². The highest BCUT2D eigenvalue weighted by molar-refractivity contribution is 5.72. The minimum Gasteiger partial charge on any atom is -0.480 e. The van der Waals surface area contributed by atoms with E-state index in [1.165, 1.54) is 4.68 Å². The fourth-order valence-corrected chi connectivity index (χ4v) is 0.688. The lowest BCUT2D eigenvalue weighted by Crippen LogP contribution is -2.34. The number of aliphatic carboxylic acids is 1. The monoisotopic (exact) mass is 171 g/mol. The van der Waals surface area contributed by atoms with Crippen LogP contribution in [-0.2, 0) is 11.3 Å². The van der Waals surface area contributed by atoms with Gasteiger partial charge >= 0.3 is 5.97 Å². The first-order valence-electron chi connectivity index (χ1n) is 3.16. The summed E-state index contributed by atoms with van der Waals surface area (Å²) in [5, 5.41) is 12.2. The highest BCUT2D eigenvalue weighted by Gasteiger charge is 2.11. The molecule has 0 amide bonds. The first-order valence-corrected chi connectivity index (χ1v) is 3.16. The molecule has 1 aromatic heterocycles. The summed E-state index contributed by atoms with van der Waals surface area (Å²) in [6.45, 7) is 0.211. The number of hydrogen-bond acceptors (Lipinski definition) is 3. The molecule has 1 aromatic rings. The number of rotatable bonds is 3. The summed E-state index contributed by atoms with van der Waals surface area (Å²) >= 11 is 0. The zero-order valence-electron chi connectivity index (χ0n) is 5.84. The number of carbonyl (C=O) groups is 1. The average molecular weight is 171 g/mol. The zero-order valence-corrected chi connectivity index (χ0v) is 5.84. The van der Waals surface area contributed by atoms with Gasteiger partial charge in [-0.2, -0.15) is 5.10 Å². The second-order valence-electron chi connectivity index (χ2n) is 2.17. The van der Waals surface area contributed by atoms with E-state index in [1.54, 1.807) is 18.5 Å². The zero-order chi connectivity index (χ0) is 8.27. The normalized spacial score (nSPS) is 11.8. The molecular weight excluding hydrogens is 158 g/mol. The van der Waals surface area contributed by atoms with Crippen molar-refractivity contribution in [3.63, 3.8) is 0 Å². The van der Waals surface area contributed by atoms with Gasteiger partial charge in [-0.05, 0) is 6.07 Å². The van der Waals surface area contributed by atoms with Gasteiger partial charge in [-0.1, -0.05) is 7.43 Å². The lowest BCUT2D eigenvalue weighted by atomic mass is 10.3. The molecule has 0 aliphatic rings. The molecule has 1 atom stereocenters. The van der Waals surface area contributed by atoms with Crippen molar-refractivity contribution in [2.24, 2.45) is 5.73 Å². The smallest absolute Gasteiger partial charge is 0.322 e. The fraction of sp³-hybridized carbons (Fsp3) is 0.429. The predicted molar refractivity (Wildman–Crippen MR) is 44.6 cm³/mol. The van der Waals surface area contributed by atoms with E-state index in [-0.39, 0.29) is 14.0 Å². The number of aromatic nitrogens is 2. The van der Waals surface area contributed by atoms with E-state index in [9.17, 15) is 4.79 Å². The van der Waals surface area contributed by atoms with Crippen LogP contribution >= 0.6 is 0 Å². The molecular formula is C7H13N3O2. The molecule has 0 bridgehead atoms. The molecule has 5 nitrogen and oxygen atoms in total. The molecule has 12 heavy (non-hydrogen) atoms. The summed E-state index contributed by atoms with van der Waals surface area (Å²) in [6.07, 6.45) is 3.25. The molecule has 1 unspecified atom stereocenters. The summed E-state index contributed by atoms with van der Waals surface area (Å²) in [6, 6.07) is 0.837. The molecule has 0 saturated heterocycles. The highest BCUT2D eigenvalue weighted by Crippen LogP contribution is 1.87. The maximum atomic E-state index is 10.3. The van der Waals surface area contributed by atoms with Crippen LogP contribution in [0.3, 0.4) is 0 Å². The van der Waals surface area contributed by atoms with Crippen molar-refractivity contribution in [1.29, 1.82) is 0 Å². The van der Waals surface area contributed by atoms with Gasteiger partial charge in [-0.15, -0.1) is 0 Å². The number of carboxylic acid groups (broad SMARTS) is 1. The van der Waals surface area contributed by atoms with E-state index >= 15 is 0 Å². The number of nitrogens with two attached hydrogens (primary N) is 1. The van der Waals surface area contributed by atoms with Crippen LogP contribution in [-0.4, -0.2) is 26.9 Å². The van der Waals surface area contributed by atoms with E-state index in [0.717, 1.165) is 0 Å². The first kappa shape index (κ1) is 10.6. The van der Waals surface area contributed by atoms with Crippen LogP contribution in [0.15, 0.2) is 18.5 Å². The van der Waals surface area contributed by atoms with E-state index in [0.29, 0.717) is 0 Å². The Labute approximate surface area is 70.8 Å². The third kappa shape index (κ3) is 2.71. The number of hydrogen-bond donors (Lipinski definition) is 2. The van der Waals surface area contributed by atoms with Crippen molar-refractivity contribution in [3.05, 3.63) is 18.5 Å². The summed E-state index contributed by atoms with van der Waals surface area (Å²) in [5.41, 5.74) is 5.25. The molecule has 1 rings (SSSR count). The van der Waals surface area contributed by atoms with Gasteiger partial charge in [0.15, 0.2) is 0 Å². The largest absolute Gasteiger partial charge is 0.480 e. The van der Waals surface area contributed by atoms with Crippen LogP contribution in [0.25, 0.3) is 0 Å². The first-order chi connectivity index (χ1) is 5.20.